The van der Waals surface area contributed by atoms with Crippen molar-refractivity contribution in [3.63, 3.8) is 0 Å². The Hall–Kier alpha value is -2.72. The van der Waals surface area contributed by atoms with Crippen LogP contribution in [0.2, 0.25) is 0 Å². The van der Waals surface area contributed by atoms with E-state index >= 15 is 0 Å². The Morgan fingerprint density at radius 1 is 1.00 bits per heavy atom. The van der Waals surface area contributed by atoms with E-state index in [-0.39, 0.29) is 0 Å². The first kappa shape index (κ1) is 13.7. The van der Waals surface area contributed by atoms with Crippen LogP contribution >= 0.6 is 11.8 Å². The number of anilines is 1. The fraction of sp³-hybridized carbons (Fsp3) is 0.0500. The molecule has 1 aliphatic rings. The molecule has 0 radical (unpaired) electrons. The lowest BCUT2D eigenvalue weighted by Crippen LogP contribution is -1.91. The highest BCUT2D eigenvalue weighted by atomic mass is 32.2. The molecule has 0 bridgehead atoms. The molecule has 0 amide bonds. The average Bonchev–Trinajstić information content (AvgIpc) is 3.29. The molecular weight excluding hydrogens is 316 g/mol. The van der Waals surface area contributed by atoms with Crippen molar-refractivity contribution in [2.45, 2.75) is 4.90 Å². The number of fused-ring (bicyclic) bond motifs is 2. The quantitative estimate of drug-likeness (QED) is 0.516. The summed E-state index contributed by atoms with van der Waals surface area (Å²) >= 11 is 1.83. The number of furan rings is 1. The highest BCUT2D eigenvalue weighted by molar-refractivity contribution is 7.99. The molecule has 0 fully saturated rings. The van der Waals surface area contributed by atoms with Gasteiger partial charge in [0.05, 0.1) is 17.8 Å². The fourth-order valence-corrected chi connectivity index (χ4v) is 4.07. The van der Waals surface area contributed by atoms with Gasteiger partial charge in [0.2, 0.25) is 0 Å². The van der Waals surface area contributed by atoms with Gasteiger partial charge in [0.25, 0.3) is 0 Å². The number of nitrogens with zero attached hydrogens (tertiary/aromatic N) is 1. The van der Waals surface area contributed by atoms with Crippen LogP contribution in [0.4, 0.5) is 5.69 Å². The van der Waals surface area contributed by atoms with E-state index in [2.05, 4.69) is 46.7 Å². The minimum atomic E-state index is 0.884. The maximum Gasteiger partial charge on any atom is 0.143 e. The standard InChI is InChI=1S/C20H14N2OS/c1-3-13-8-10-23-20(13)16(4-1)19-15(5-2-9-21-19)14-6-7-17-18(11-14)24-12-22-17/h1-11,22H,12H2. The molecule has 24 heavy (non-hydrogen) atoms. The molecule has 0 atom stereocenters. The summed E-state index contributed by atoms with van der Waals surface area (Å²) in [6, 6.07) is 18.8. The van der Waals surface area contributed by atoms with Crippen LogP contribution in [-0.4, -0.2) is 10.9 Å². The van der Waals surface area contributed by atoms with E-state index < -0.39 is 0 Å². The van der Waals surface area contributed by atoms with Crippen molar-refractivity contribution < 1.29 is 4.42 Å². The van der Waals surface area contributed by atoms with Gasteiger partial charge in [-0.3, -0.25) is 4.98 Å². The van der Waals surface area contributed by atoms with Crippen molar-refractivity contribution >= 4 is 28.4 Å². The molecule has 116 valence electrons. The van der Waals surface area contributed by atoms with E-state index in [0.29, 0.717) is 0 Å². The maximum atomic E-state index is 5.71. The van der Waals surface area contributed by atoms with Gasteiger partial charge in [0, 0.05) is 33.3 Å². The Balaban J connectivity index is 1.73. The summed E-state index contributed by atoms with van der Waals surface area (Å²) in [4.78, 5) is 5.96. The summed E-state index contributed by atoms with van der Waals surface area (Å²) < 4.78 is 5.71. The molecule has 4 heteroatoms. The molecule has 3 nitrogen and oxygen atoms in total. The number of benzene rings is 2. The van der Waals surface area contributed by atoms with E-state index in [9.17, 15) is 0 Å². The lowest BCUT2D eigenvalue weighted by molar-refractivity contribution is 0.616. The van der Waals surface area contributed by atoms with Crippen LogP contribution in [0.25, 0.3) is 33.4 Å². The minimum absolute atomic E-state index is 0.884. The highest BCUT2D eigenvalue weighted by Gasteiger charge is 2.16. The van der Waals surface area contributed by atoms with E-state index in [1.165, 1.54) is 16.1 Å². The fourth-order valence-electron chi connectivity index (χ4n) is 3.18. The van der Waals surface area contributed by atoms with E-state index in [1.807, 2.05) is 36.2 Å². The normalized spacial score (nSPS) is 13.0. The molecule has 0 saturated heterocycles. The number of nitrogens with one attached hydrogen (secondary N) is 1. The zero-order valence-electron chi connectivity index (χ0n) is 12.8. The van der Waals surface area contributed by atoms with Crippen LogP contribution in [0.15, 0.2) is 76.4 Å². The Kier molecular flexibility index (Phi) is 3.10. The number of para-hydroxylation sites is 1. The van der Waals surface area contributed by atoms with Crippen LogP contribution in [0.1, 0.15) is 0 Å². The summed E-state index contributed by atoms with van der Waals surface area (Å²) in [5.41, 5.74) is 6.37. The summed E-state index contributed by atoms with van der Waals surface area (Å²) in [6.45, 7) is 0. The first-order valence-electron chi connectivity index (χ1n) is 7.83. The molecule has 2 aromatic heterocycles. The summed E-state index contributed by atoms with van der Waals surface area (Å²) in [6.07, 6.45) is 3.57. The first-order chi connectivity index (χ1) is 11.9. The van der Waals surface area contributed by atoms with Crippen molar-refractivity contribution in [3.05, 3.63) is 67.1 Å². The number of hydrogen-bond acceptors (Lipinski definition) is 4. The van der Waals surface area contributed by atoms with E-state index in [1.54, 1.807) is 6.26 Å². The lowest BCUT2D eigenvalue weighted by atomic mass is 9.98. The van der Waals surface area contributed by atoms with Gasteiger partial charge in [-0.25, -0.2) is 0 Å². The van der Waals surface area contributed by atoms with Crippen LogP contribution in [0, 0.1) is 0 Å². The SMILES string of the molecule is c1cnc(-c2cccc3ccoc23)c(-c2ccc3c(c2)SCN3)c1. The van der Waals surface area contributed by atoms with Crippen molar-refractivity contribution in [3.8, 4) is 22.4 Å². The van der Waals surface area contributed by atoms with Gasteiger partial charge in [-0.05, 0) is 35.9 Å². The van der Waals surface area contributed by atoms with Gasteiger partial charge in [0.15, 0.2) is 0 Å². The van der Waals surface area contributed by atoms with Gasteiger partial charge in [-0.1, -0.05) is 24.3 Å². The van der Waals surface area contributed by atoms with Crippen molar-refractivity contribution in [1.29, 1.82) is 0 Å². The third-order valence-corrected chi connectivity index (χ3v) is 5.26. The Morgan fingerprint density at radius 2 is 1.96 bits per heavy atom. The van der Waals surface area contributed by atoms with Gasteiger partial charge in [-0.2, -0.15) is 0 Å². The molecule has 5 rings (SSSR count). The van der Waals surface area contributed by atoms with Gasteiger partial charge >= 0.3 is 0 Å². The topological polar surface area (TPSA) is 38.1 Å². The second kappa shape index (κ2) is 5.42. The molecular formula is C20H14N2OS. The predicted octanol–water partition coefficient (Wildman–Crippen LogP) is 5.64. The smallest absolute Gasteiger partial charge is 0.143 e. The lowest BCUT2D eigenvalue weighted by Gasteiger charge is -2.10. The molecule has 1 aliphatic heterocycles. The number of hydrogen-bond donors (Lipinski definition) is 1. The van der Waals surface area contributed by atoms with Crippen LogP contribution < -0.4 is 5.32 Å². The van der Waals surface area contributed by atoms with Crippen molar-refractivity contribution in [2.24, 2.45) is 0 Å². The summed E-state index contributed by atoms with van der Waals surface area (Å²) in [7, 11) is 0. The maximum absolute atomic E-state index is 5.71. The largest absolute Gasteiger partial charge is 0.464 e. The van der Waals surface area contributed by atoms with Crippen LogP contribution in [0.5, 0.6) is 0 Å². The van der Waals surface area contributed by atoms with Gasteiger partial charge in [-0.15, -0.1) is 11.8 Å². The predicted molar refractivity (Wildman–Crippen MR) is 99.2 cm³/mol. The molecule has 1 N–H and O–H groups in total. The molecule has 0 saturated carbocycles. The summed E-state index contributed by atoms with van der Waals surface area (Å²) in [5.74, 6) is 0.935. The molecule has 2 aromatic carbocycles. The number of rotatable bonds is 2. The highest BCUT2D eigenvalue weighted by Crippen LogP contribution is 2.40. The summed E-state index contributed by atoms with van der Waals surface area (Å²) in [5, 5.41) is 4.47. The molecule has 3 heterocycles. The van der Waals surface area contributed by atoms with Crippen LogP contribution in [0.3, 0.4) is 0 Å². The van der Waals surface area contributed by atoms with E-state index in [4.69, 9.17) is 4.42 Å². The first-order valence-corrected chi connectivity index (χ1v) is 8.81. The zero-order valence-corrected chi connectivity index (χ0v) is 13.6. The third-order valence-electron chi connectivity index (χ3n) is 4.32. The third kappa shape index (κ3) is 2.11. The van der Waals surface area contributed by atoms with Crippen LogP contribution in [-0.2, 0) is 0 Å². The number of pyridine rings is 1. The monoisotopic (exact) mass is 330 g/mol. The zero-order chi connectivity index (χ0) is 15.9. The molecule has 4 aromatic rings. The second-order valence-corrected chi connectivity index (χ2v) is 6.74. The molecule has 0 spiro atoms. The minimum Gasteiger partial charge on any atom is -0.464 e. The second-order valence-electron chi connectivity index (χ2n) is 5.72. The Labute approximate surface area is 143 Å². The van der Waals surface area contributed by atoms with Crippen molar-refractivity contribution in [2.75, 3.05) is 11.2 Å². The van der Waals surface area contributed by atoms with Crippen molar-refractivity contribution in [1.82, 2.24) is 4.98 Å². The molecule has 0 unspecified atom stereocenters. The Morgan fingerprint density at radius 3 is 2.96 bits per heavy atom. The van der Waals surface area contributed by atoms with E-state index in [0.717, 1.165) is 33.7 Å². The van der Waals surface area contributed by atoms with Gasteiger partial charge in [0.1, 0.15) is 5.58 Å². The number of aromatic nitrogens is 1. The Bertz CT molecular complexity index is 1050. The average molecular weight is 330 g/mol. The number of thioether (sulfide) groups is 1. The van der Waals surface area contributed by atoms with Gasteiger partial charge < -0.3 is 9.73 Å². The molecule has 0 aliphatic carbocycles.